The van der Waals surface area contributed by atoms with Crippen molar-refractivity contribution in [3.63, 3.8) is 0 Å². The summed E-state index contributed by atoms with van der Waals surface area (Å²) in [6.07, 6.45) is 1.59. The number of hydrogen-bond donors (Lipinski definition) is 1. The number of benzene rings is 2. The van der Waals surface area contributed by atoms with Gasteiger partial charge >= 0.3 is 0 Å². The zero-order valence-corrected chi connectivity index (χ0v) is 20.8. The second kappa shape index (κ2) is 10.6. The number of ether oxygens (including phenoxy) is 1. The Morgan fingerprint density at radius 1 is 1.03 bits per heavy atom. The number of hydrogen-bond acceptors (Lipinski definition) is 4. The Labute approximate surface area is 212 Å². The highest BCUT2D eigenvalue weighted by Gasteiger charge is 2.17. The molecule has 176 valence electrons. The van der Waals surface area contributed by atoms with E-state index in [1.54, 1.807) is 41.2 Å². The first-order chi connectivity index (χ1) is 16.3. The second-order valence-corrected chi connectivity index (χ2v) is 9.18. The van der Waals surface area contributed by atoms with Crippen molar-refractivity contribution in [3.05, 3.63) is 98.5 Å². The van der Waals surface area contributed by atoms with Crippen molar-refractivity contribution < 1.29 is 13.9 Å². The molecule has 6 nitrogen and oxygen atoms in total. The predicted octanol–water partition coefficient (Wildman–Crippen LogP) is 7.44. The molecule has 9 heteroatoms. The van der Waals surface area contributed by atoms with Crippen molar-refractivity contribution >= 4 is 46.5 Å². The number of anilines is 1. The predicted molar refractivity (Wildman–Crippen MR) is 134 cm³/mol. The number of amides is 1. The Hall–Kier alpha value is -2.93. The normalized spacial score (nSPS) is 11.1. The Kier molecular flexibility index (Phi) is 7.51. The molecular weight excluding hydrogens is 497 g/mol. The van der Waals surface area contributed by atoms with Crippen LogP contribution in [0.4, 0.5) is 5.82 Å². The molecule has 0 unspecified atom stereocenters. The van der Waals surface area contributed by atoms with Crippen LogP contribution in [0.2, 0.25) is 15.1 Å². The van der Waals surface area contributed by atoms with Crippen LogP contribution >= 0.6 is 34.8 Å². The van der Waals surface area contributed by atoms with E-state index in [1.165, 1.54) is 5.56 Å². The smallest absolute Gasteiger partial charge is 0.292 e. The third kappa shape index (κ3) is 5.76. The summed E-state index contributed by atoms with van der Waals surface area (Å²) in [5.74, 6) is 1.54. The zero-order valence-electron chi connectivity index (χ0n) is 18.5. The van der Waals surface area contributed by atoms with Crippen LogP contribution < -0.4 is 10.1 Å². The molecule has 0 aliphatic carbocycles. The monoisotopic (exact) mass is 517 g/mol. The molecule has 0 saturated carbocycles. The van der Waals surface area contributed by atoms with Crippen molar-refractivity contribution in [2.24, 2.45) is 0 Å². The first-order valence-electron chi connectivity index (χ1n) is 10.6. The molecule has 0 saturated heterocycles. The van der Waals surface area contributed by atoms with Crippen molar-refractivity contribution in [2.45, 2.75) is 32.9 Å². The van der Waals surface area contributed by atoms with Crippen molar-refractivity contribution in [1.29, 1.82) is 0 Å². The fourth-order valence-corrected chi connectivity index (χ4v) is 3.97. The Balaban J connectivity index is 1.37. The number of nitrogens with zero attached hydrogens (tertiary/aromatic N) is 2. The Morgan fingerprint density at radius 3 is 2.41 bits per heavy atom. The number of aromatic nitrogens is 2. The van der Waals surface area contributed by atoms with Crippen LogP contribution in [0.15, 0.2) is 65.2 Å². The van der Waals surface area contributed by atoms with Gasteiger partial charge in [0.15, 0.2) is 11.6 Å². The summed E-state index contributed by atoms with van der Waals surface area (Å²) in [6.45, 7) is 4.77. The highest BCUT2D eigenvalue weighted by Crippen LogP contribution is 2.27. The molecule has 4 rings (SSSR count). The molecule has 34 heavy (non-hydrogen) atoms. The molecule has 0 spiro atoms. The lowest BCUT2D eigenvalue weighted by molar-refractivity contribution is 0.0992. The second-order valence-electron chi connectivity index (χ2n) is 7.96. The Bertz CT molecular complexity index is 1280. The van der Waals surface area contributed by atoms with E-state index >= 15 is 0 Å². The summed E-state index contributed by atoms with van der Waals surface area (Å²) in [5.41, 5.74) is 1.94. The molecule has 1 N–H and O–H groups in total. The molecule has 0 bridgehead atoms. The molecular formula is C25H22Cl3N3O3. The van der Waals surface area contributed by atoms with E-state index < -0.39 is 5.91 Å². The summed E-state index contributed by atoms with van der Waals surface area (Å²) >= 11 is 18.7. The molecule has 4 aromatic rings. The fourth-order valence-electron chi connectivity index (χ4n) is 3.26. The minimum absolute atomic E-state index is 0.119. The van der Waals surface area contributed by atoms with E-state index in [1.807, 2.05) is 24.3 Å². The first-order valence-corrected chi connectivity index (χ1v) is 11.7. The third-order valence-corrected chi connectivity index (χ3v) is 6.13. The van der Waals surface area contributed by atoms with Gasteiger partial charge in [-0.25, -0.2) is 0 Å². The van der Waals surface area contributed by atoms with E-state index in [2.05, 4.69) is 24.3 Å². The largest absolute Gasteiger partial charge is 0.486 e. The average molecular weight is 519 g/mol. The van der Waals surface area contributed by atoms with Gasteiger partial charge in [-0.15, -0.1) is 0 Å². The van der Waals surface area contributed by atoms with Gasteiger partial charge in [0.1, 0.15) is 23.1 Å². The van der Waals surface area contributed by atoms with Crippen LogP contribution in [0.25, 0.3) is 0 Å². The molecule has 0 radical (unpaired) electrons. The zero-order chi connectivity index (χ0) is 24.2. The standard InChI is InChI=1S/C25H22Cl3N3O3/c1-15(2)16-6-8-17(9-7-16)33-14-18-10-11-23(34-18)25(32)29-24-22(28)13-31(30-24)12-19-20(26)4-3-5-21(19)27/h3-11,13,15H,12,14H2,1-2H3,(H,29,30,32). The third-order valence-electron chi connectivity index (χ3n) is 5.14. The minimum atomic E-state index is -0.476. The van der Waals surface area contributed by atoms with Crippen LogP contribution in [-0.4, -0.2) is 15.7 Å². The lowest BCUT2D eigenvalue weighted by atomic mass is 10.0. The Morgan fingerprint density at radius 2 is 1.74 bits per heavy atom. The van der Waals surface area contributed by atoms with Gasteiger partial charge in [-0.3, -0.25) is 9.48 Å². The van der Waals surface area contributed by atoms with E-state index in [-0.39, 0.29) is 23.2 Å². The van der Waals surface area contributed by atoms with Gasteiger partial charge in [0, 0.05) is 21.8 Å². The number of carbonyl (C=O) groups is 1. The van der Waals surface area contributed by atoms with Gasteiger partial charge in [-0.05, 0) is 47.9 Å². The van der Waals surface area contributed by atoms with Gasteiger partial charge < -0.3 is 14.5 Å². The lowest BCUT2D eigenvalue weighted by Crippen LogP contribution is -2.12. The number of carbonyl (C=O) groups excluding carboxylic acids is 1. The maximum absolute atomic E-state index is 12.6. The topological polar surface area (TPSA) is 69.3 Å². The summed E-state index contributed by atoms with van der Waals surface area (Å²) in [4.78, 5) is 12.6. The quantitative estimate of drug-likeness (QED) is 0.263. The van der Waals surface area contributed by atoms with Gasteiger partial charge in [0.25, 0.3) is 5.91 Å². The van der Waals surface area contributed by atoms with Gasteiger partial charge in [-0.2, -0.15) is 5.10 Å². The number of rotatable bonds is 8. The highest BCUT2D eigenvalue weighted by atomic mass is 35.5. The SMILES string of the molecule is CC(C)c1ccc(OCc2ccc(C(=O)Nc3nn(Cc4c(Cl)cccc4Cl)cc3Cl)o2)cc1. The van der Waals surface area contributed by atoms with E-state index in [0.717, 1.165) is 5.75 Å². The van der Waals surface area contributed by atoms with E-state index in [9.17, 15) is 4.79 Å². The van der Waals surface area contributed by atoms with Gasteiger partial charge in [0.05, 0.1) is 6.54 Å². The van der Waals surface area contributed by atoms with Crippen molar-refractivity contribution in [2.75, 3.05) is 5.32 Å². The minimum Gasteiger partial charge on any atom is -0.486 e. The molecule has 1 amide bonds. The average Bonchev–Trinajstić information content (AvgIpc) is 3.42. The van der Waals surface area contributed by atoms with Gasteiger partial charge in [-0.1, -0.05) is 66.8 Å². The molecule has 2 heterocycles. The summed E-state index contributed by atoms with van der Waals surface area (Å²) in [7, 11) is 0. The van der Waals surface area contributed by atoms with Crippen LogP contribution in [0.5, 0.6) is 5.75 Å². The summed E-state index contributed by atoms with van der Waals surface area (Å²) in [5, 5.41) is 8.30. The fraction of sp³-hybridized carbons (Fsp3) is 0.200. The summed E-state index contributed by atoms with van der Waals surface area (Å²) < 4.78 is 12.9. The van der Waals surface area contributed by atoms with E-state index in [4.69, 9.17) is 44.0 Å². The molecule has 0 atom stereocenters. The maximum atomic E-state index is 12.6. The molecule has 0 fully saturated rings. The number of furan rings is 1. The van der Waals surface area contributed by atoms with Crippen molar-refractivity contribution in [1.82, 2.24) is 9.78 Å². The lowest BCUT2D eigenvalue weighted by Gasteiger charge is -2.08. The molecule has 2 aromatic heterocycles. The van der Waals surface area contributed by atoms with Crippen LogP contribution in [0, 0.1) is 0 Å². The number of halogens is 3. The number of nitrogens with one attached hydrogen (secondary N) is 1. The first kappa shape index (κ1) is 24.2. The molecule has 0 aliphatic heterocycles. The highest BCUT2D eigenvalue weighted by molar-refractivity contribution is 6.36. The van der Waals surface area contributed by atoms with Crippen LogP contribution in [-0.2, 0) is 13.2 Å². The van der Waals surface area contributed by atoms with Gasteiger partial charge in [0.2, 0.25) is 0 Å². The molecule has 2 aromatic carbocycles. The van der Waals surface area contributed by atoms with Crippen LogP contribution in [0.3, 0.4) is 0 Å². The maximum Gasteiger partial charge on any atom is 0.292 e. The molecule has 0 aliphatic rings. The summed E-state index contributed by atoms with van der Waals surface area (Å²) in [6, 6.07) is 16.4. The van der Waals surface area contributed by atoms with Crippen molar-refractivity contribution in [3.8, 4) is 5.75 Å². The van der Waals surface area contributed by atoms with Crippen LogP contribution in [0.1, 0.15) is 47.2 Å². The van der Waals surface area contributed by atoms with E-state index in [0.29, 0.717) is 33.8 Å².